The van der Waals surface area contributed by atoms with E-state index in [0.29, 0.717) is 26.3 Å². The van der Waals surface area contributed by atoms with Crippen LogP contribution in [0.3, 0.4) is 0 Å². The van der Waals surface area contributed by atoms with Crippen molar-refractivity contribution in [1.29, 1.82) is 0 Å². The predicted molar refractivity (Wildman–Crippen MR) is 102 cm³/mol. The van der Waals surface area contributed by atoms with Crippen LogP contribution in [0.15, 0.2) is 59.5 Å². The van der Waals surface area contributed by atoms with Crippen LogP contribution in [-0.4, -0.2) is 51.5 Å². The summed E-state index contributed by atoms with van der Waals surface area (Å²) in [7, 11) is -3.63. The zero-order valence-corrected chi connectivity index (χ0v) is 15.5. The van der Waals surface area contributed by atoms with Crippen molar-refractivity contribution in [2.75, 3.05) is 32.8 Å². The lowest BCUT2D eigenvalue weighted by atomic mass is 10.2. The normalized spacial score (nSPS) is 14.8. The van der Waals surface area contributed by atoms with Crippen LogP contribution in [0, 0.1) is 11.8 Å². The van der Waals surface area contributed by atoms with E-state index < -0.39 is 10.0 Å². The number of carbonyl (C=O) groups is 1. The van der Waals surface area contributed by atoms with Gasteiger partial charge in [-0.3, -0.25) is 4.79 Å². The highest BCUT2D eigenvalue weighted by molar-refractivity contribution is 7.89. The Morgan fingerprint density at radius 1 is 1.07 bits per heavy atom. The van der Waals surface area contributed by atoms with Gasteiger partial charge in [0.2, 0.25) is 10.0 Å². The van der Waals surface area contributed by atoms with Crippen LogP contribution in [-0.2, 0) is 14.8 Å². The molecule has 1 saturated heterocycles. The molecule has 1 fully saturated rings. The van der Waals surface area contributed by atoms with Crippen LogP contribution >= 0.6 is 0 Å². The van der Waals surface area contributed by atoms with Gasteiger partial charge in [-0.2, -0.15) is 4.31 Å². The van der Waals surface area contributed by atoms with Crippen molar-refractivity contribution < 1.29 is 17.9 Å². The average Bonchev–Trinajstić information content (AvgIpc) is 2.72. The molecule has 27 heavy (non-hydrogen) atoms. The number of benzene rings is 2. The van der Waals surface area contributed by atoms with E-state index in [-0.39, 0.29) is 22.9 Å². The molecule has 0 atom stereocenters. The van der Waals surface area contributed by atoms with Gasteiger partial charge >= 0.3 is 0 Å². The predicted octanol–water partition coefficient (Wildman–Crippen LogP) is 1.49. The number of nitrogens with one attached hydrogen (secondary N) is 1. The minimum atomic E-state index is -3.63. The molecule has 1 amide bonds. The van der Waals surface area contributed by atoms with Gasteiger partial charge < -0.3 is 10.1 Å². The lowest BCUT2D eigenvalue weighted by Gasteiger charge is -2.26. The second-order valence-electron chi connectivity index (χ2n) is 5.89. The number of sulfonamides is 1. The highest BCUT2D eigenvalue weighted by Crippen LogP contribution is 2.18. The minimum absolute atomic E-state index is 0.104. The van der Waals surface area contributed by atoms with Crippen LogP contribution in [0.4, 0.5) is 0 Å². The van der Waals surface area contributed by atoms with Gasteiger partial charge in [0.25, 0.3) is 5.91 Å². The molecule has 0 radical (unpaired) electrons. The molecule has 140 valence electrons. The van der Waals surface area contributed by atoms with E-state index in [9.17, 15) is 13.2 Å². The second kappa shape index (κ2) is 8.82. The van der Waals surface area contributed by atoms with Crippen molar-refractivity contribution in [3.05, 3.63) is 65.7 Å². The Morgan fingerprint density at radius 3 is 2.56 bits per heavy atom. The molecule has 3 rings (SSSR count). The van der Waals surface area contributed by atoms with Crippen molar-refractivity contribution >= 4 is 15.9 Å². The van der Waals surface area contributed by atoms with Gasteiger partial charge in [0, 0.05) is 24.2 Å². The summed E-state index contributed by atoms with van der Waals surface area (Å²) in [6, 6.07) is 15.5. The van der Waals surface area contributed by atoms with Crippen molar-refractivity contribution in [2.24, 2.45) is 0 Å². The molecule has 1 N–H and O–H groups in total. The standard InChI is InChI=1S/C20H20N2O4S/c23-20(21-11-5-8-17-6-2-1-3-7-17)18-9-4-10-19(16-18)27(24,25)22-12-14-26-15-13-22/h1-4,6-7,9-10,16H,11-15H2,(H,21,23). The largest absolute Gasteiger partial charge is 0.379 e. The Kier molecular flexibility index (Phi) is 6.24. The van der Waals surface area contributed by atoms with Gasteiger partial charge in [0.05, 0.1) is 24.7 Å². The molecule has 6 nitrogen and oxygen atoms in total. The molecule has 1 aliphatic rings. The number of rotatable bonds is 4. The van der Waals surface area contributed by atoms with Crippen LogP contribution in [0.25, 0.3) is 0 Å². The van der Waals surface area contributed by atoms with Crippen molar-refractivity contribution in [2.45, 2.75) is 4.90 Å². The number of amides is 1. The van der Waals surface area contributed by atoms with E-state index in [4.69, 9.17) is 4.74 Å². The number of hydrogen-bond donors (Lipinski definition) is 1. The Hall–Kier alpha value is -2.66. The summed E-state index contributed by atoms with van der Waals surface area (Å²) < 4.78 is 32.0. The van der Waals surface area contributed by atoms with Crippen LogP contribution in [0.1, 0.15) is 15.9 Å². The van der Waals surface area contributed by atoms with E-state index in [0.717, 1.165) is 5.56 Å². The molecule has 7 heteroatoms. The summed E-state index contributed by atoms with van der Waals surface area (Å²) in [6.07, 6.45) is 0. The topological polar surface area (TPSA) is 75.7 Å². The van der Waals surface area contributed by atoms with Gasteiger partial charge in [-0.15, -0.1) is 0 Å². The number of carbonyl (C=O) groups excluding carboxylic acids is 1. The first kappa shape index (κ1) is 19.1. The maximum Gasteiger partial charge on any atom is 0.252 e. The number of hydrogen-bond acceptors (Lipinski definition) is 4. The van der Waals surface area contributed by atoms with Crippen LogP contribution < -0.4 is 5.32 Å². The van der Waals surface area contributed by atoms with Crippen LogP contribution in [0.5, 0.6) is 0 Å². The Labute approximate surface area is 159 Å². The molecule has 0 aliphatic carbocycles. The zero-order valence-electron chi connectivity index (χ0n) is 14.7. The average molecular weight is 384 g/mol. The number of morpholine rings is 1. The quantitative estimate of drug-likeness (QED) is 0.811. The van der Waals surface area contributed by atoms with Gasteiger partial charge in [0.1, 0.15) is 0 Å². The lowest BCUT2D eigenvalue weighted by molar-refractivity contribution is 0.0730. The van der Waals surface area contributed by atoms with Gasteiger partial charge in [-0.1, -0.05) is 36.1 Å². The van der Waals surface area contributed by atoms with Gasteiger partial charge in [-0.25, -0.2) is 8.42 Å². The fraction of sp³-hybridized carbons (Fsp3) is 0.250. The van der Waals surface area contributed by atoms with Crippen molar-refractivity contribution in [3.8, 4) is 11.8 Å². The fourth-order valence-electron chi connectivity index (χ4n) is 2.63. The maximum atomic E-state index is 12.7. The van der Waals surface area contributed by atoms with E-state index in [1.165, 1.54) is 16.4 Å². The zero-order chi connectivity index (χ0) is 19.1. The van der Waals surface area contributed by atoms with Crippen molar-refractivity contribution in [3.63, 3.8) is 0 Å². The Morgan fingerprint density at radius 2 is 1.81 bits per heavy atom. The van der Waals surface area contributed by atoms with Crippen molar-refractivity contribution in [1.82, 2.24) is 9.62 Å². The lowest BCUT2D eigenvalue weighted by Crippen LogP contribution is -2.40. The third-order valence-electron chi connectivity index (χ3n) is 4.05. The molecule has 1 aliphatic heterocycles. The van der Waals surface area contributed by atoms with Gasteiger partial charge in [-0.05, 0) is 30.3 Å². The molecular weight excluding hydrogens is 364 g/mol. The third-order valence-corrected chi connectivity index (χ3v) is 5.94. The molecule has 1 heterocycles. The molecular formula is C20H20N2O4S. The molecule has 0 aromatic heterocycles. The second-order valence-corrected chi connectivity index (χ2v) is 7.83. The fourth-order valence-corrected chi connectivity index (χ4v) is 4.08. The third kappa shape index (κ3) is 4.95. The summed E-state index contributed by atoms with van der Waals surface area (Å²) in [5.41, 5.74) is 1.15. The molecule has 0 saturated carbocycles. The first-order chi connectivity index (χ1) is 13.1. The summed E-state index contributed by atoms with van der Waals surface area (Å²) in [4.78, 5) is 12.4. The van der Waals surface area contributed by atoms with Crippen LogP contribution in [0.2, 0.25) is 0 Å². The molecule has 2 aromatic carbocycles. The number of ether oxygens (including phenoxy) is 1. The van der Waals surface area contributed by atoms with E-state index in [1.54, 1.807) is 12.1 Å². The monoisotopic (exact) mass is 384 g/mol. The first-order valence-electron chi connectivity index (χ1n) is 8.57. The molecule has 0 unspecified atom stereocenters. The van der Waals surface area contributed by atoms with E-state index >= 15 is 0 Å². The highest BCUT2D eigenvalue weighted by Gasteiger charge is 2.26. The first-order valence-corrected chi connectivity index (χ1v) is 10.0. The minimum Gasteiger partial charge on any atom is -0.379 e. The van der Waals surface area contributed by atoms with E-state index in [1.807, 2.05) is 30.3 Å². The summed E-state index contributed by atoms with van der Waals surface area (Å²) in [5.74, 6) is 5.46. The Bertz CT molecular complexity index is 956. The molecule has 0 bridgehead atoms. The molecule has 2 aromatic rings. The maximum absolute atomic E-state index is 12.7. The highest BCUT2D eigenvalue weighted by atomic mass is 32.2. The number of nitrogens with zero attached hydrogens (tertiary/aromatic N) is 1. The smallest absolute Gasteiger partial charge is 0.252 e. The SMILES string of the molecule is O=C(NCC#Cc1ccccc1)c1cccc(S(=O)(=O)N2CCOCC2)c1. The summed E-state index contributed by atoms with van der Waals surface area (Å²) >= 11 is 0. The molecule has 0 spiro atoms. The summed E-state index contributed by atoms with van der Waals surface area (Å²) in [6.45, 7) is 1.55. The van der Waals surface area contributed by atoms with E-state index in [2.05, 4.69) is 17.2 Å². The Balaban J connectivity index is 1.66. The summed E-state index contributed by atoms with van der Waals surface area (Å²) in [5, 5.41) is 2.69. The van der Waals surface area contributed by atoms with Gasteiger partial charge in [0.15, 0.2) is 0 Å².